The van der Waals surface area contributed by atoms with E-state index >= 15 is 0 Å². The molecule has 1 aromatic heterocycles. The molecule has 0 radical (unpaired) electrons. The van der Waals surface area contributed by atoms with Crippen LogP contribution in [-0.4, -0.2) is 25.0 Å². The van der Waals surface area contributed by atoms with Crippen molar-refractivity contribution in [2.75, 3.05) is 13.1 Å². The molecule has 15 heavy (non-hydrogen) atoms. The highest BCUT2D eigenvalue weighted by Gasteiger charge is 2.04. The molecule has 0 aromatic carbocycles. The molecule has 0 aliphatic carbocycles. The van der Waals surface area contributed by atoms with E-state index in [-0.39, 0.29) is 5.91 Å². The van der Waals surface area contributed by atoms with E-state index in [1.807, 2.05) is 12.1 Å². The maximum atomic E-state index is 10.6. The molecule has 1 amide bonds. The molecule has 4 nitrogen and oxygen atoms in total. The maximum Gasteiger partial charge on any atom is 0.216 e. The molecule has 0 bridgehead atoms. The summed E-state index contributed by atoms with van der Waals surface area (Å²) in [5, 5.41) is 6.04. The Morgan fingerprint density at radius 1 is 1.53 bits per heavy atom. The van der Waals surface area contributed by atoms with Gasteiger partial charge in [-0.2, -0.15) is 0 Å². The summed E-state index contributed by atoms with van der Waals surface area (Å²) in [6, 6.07) is 4.20. The molecule has 0 aliphatic rings. The molecule has 0 fully saturated rings. The highest BCUT2D eigenvalue weighted by Crippen LogP contribution is 2.03. The summed E-state index contributed by atoms with van der Waals surface area (Å²) in [6.45, 7) is 5.06. The third-order valence-corrected chi connectivity index (χ3v) is 2.08. The van der Waals surface area contributed by atoms with Gasteiger partial charge in [-0.25, -0.2) is 0 Å². The Labute approximate surface area is 90.0 Å². The Morgan fingerprint density at radius 3 is 2.93 bits per heavy atom. The van der Waals surface area contributed by atoms with Crippen molar-refractivity contribution in [3.8, 4) is 0 Å². The number of hydrogen-bond acceptors (Lipinski definition) is 3. The van der Waals surface area contributed by atoms with E-state index in [1.165, 1.54) is 6.92 Å². The van der Waals surface area contributed by atoms with Gasteiger partial charge in [0.15, 0.2) is 0 Å². The van der Waals surface area contributed by atoms with Gasteiger partial charge in [0.05, 0.1) is 6.26 Å². The van der Waals surface area contributed by atoms with E-state index < -0.39 is 0 Å². The van der Waals surface area contributed by atoms with Crippen molar-refractivity contribution in [2.24, 2.45) is 0 Å². The number of nitrogens with one attached hydrogen (secondary N) is 2. The Kier molecular flexibility index (Phi) is 4.90. The normalized spacial score (nSPS) is 12.4. The third kappa shape index (κ3) is 5.22. The van der Waals surface area contributed by atoms with Gasteiger partial charge in [-0.3, -0.25) is 4.79 Å². The summed E-state index contributed by atoms with van der Waals surface area (Å²) in [7, 11) is 0. The summed E-state index contributed by atoms with van der Waals surface area (Å²) in [4.78, 5) is 10.6. The minimum absolute atomic E-state index is 0.00971. The lowest BCUT2D eigenvalue weighted by atomic mass is 10.2. The highest BCUT2D eigenvalue weighted by atomic mass is 16.3. The lowest BCUT2D eigenvalue weighted by Crippen LogP contribution is -2.35. The van der Waals surface area contributed by atoms with Crippen LogP contribution in [0.15, 0.2) is 22.8 Å². The van der Waals surface area contributed by atoms with Gasteiger partial charge in [0.1, 0.15) is 5.76 Å². The number of furan rings is 1. The predicted molar refractivity (Wildman–Crippen MR) is 58.6 cm³/mol. The molecule has 1 atom stereocenters. The first-order chi connectivity index (χ1) is 7.18. The van der Waals surface area contributed by atoms with Gasteiger partial charge in [-0.05, 0) is 19.1 Å². The van der Waals surface area contributed by atoms with Crippen molar-refractivity contribution in [1.82, 2.24) is 10.6 Å². The lowest BCUT2D eigenvalue weighted by Gasteiger charge is -2.12. The number of hydrogen-bond donors (Lipinski definition) is 2. The van der Waals surface area contributed by atoms with Crippen molar-refractivity contribution >= 4 is 5.91 Å². The minimum Gasteiger partial charge on any atom is -0.469 e. The Bertz CT molecular complexity index is 283. The highest BCUT2D eigenvalue weighted by molar-refractivity contribution is 5.72. The van der Waals surface area contributed by atoms with Crippen LogP contribution in [0.2, 0.25) is 0 Å². The van der Waals surface area contributed by atoms with E-state index in [9.17, 15) is 4.79 Å². The molecule has 0 saturated heterocycles. The van der Waals surface area contributed by atoms with Crippen LogP contribution >= 0.6 is 0 Å². The van der Waals surface area contributed by atoms with Gasteiger partial charge < -0.3 is 15.1 Å². The third-order valence-electron chi connectivity index (χ3n) is 2.08. The second-order valence-electron chi connectivity index (χ2n) is 3.62. The Balaban J connectivity index is 2.08. The molecule has 0 spiro atoms. The standard InChI is InChI=1S/C11H18N2O2/c1-9(8-11-4-3-7-15-11)12-5-6-13-10(2)14/h3-4,7,9,12H,5-6,8H2,1-2H3,(H,13,14). The zero-order chi connectivity index (χ0) is 11.1. The second kappa shape index (κ2) is 6.24. The molecule has 1 unspecified atom stereocenters. The topological polar surface area (TPSA) is 54.3 Å². The van der Waals surface area contributed by atoms with Crippen LogP contribution in [0.25, 0.3) is 0 Å². The zero-order valence-corrected chi connectivity index (χ0v) is 9.25. The molecule has 0 saturated carbocycles. The molecule has 2 N–H and O–H groups in total. The Hall–Kier alpha value is -1.29. The molecule has 4 heteroatoms. The first-order valence-corrected chi connectivity index (χ1v) is 5.18. The monoisotopic (exact) mass is 210 g/mol. The van der Waals surface area contributed by atoms with Crippen molar-refractivity contribution in [2.45, 2.75) is 26.3 Å². The molecule has 1 heterocycles. The summed E-state index contributed by atoms with van der Waals surface area (Å²) in [5.74, 6) is 0.991. The number of carbonyl (C=O) groups is 1. The van der Waals surface area contributed by atoms with Crippen LogP contribution in [-0.2, 0) is 11.2 Å². The van der Waals surface area contributed by atoms with Crippen molar-refractivity contribution < 1.29 is 9.21 Å². The van der Waals surface area contributed by atoms with Gasteiger partial charge in [0.25, 0.3) is 0 Å². The lowest BCUT2D eigenvalue weighted by molar-refractivity contribution is -0.118. The van der Waals surface area contributed by atoms with Crippen molar-refractivity contribution in [3.05, 3.63) is 24.2 Å². The first kappa shape index (κ1) is 11.8. The molecular formula is C11H18N2O2. The molecule has 84 valence electrons. The van der Waals surface area contributed by atoms with E-state index in [0.717, 1.165) is 18.7 Å². The molecule has 0 aliphatic heterocycles. The van der Waals surface area contributed by atoms with Gasteiger partial charge in [0, 0.05) is 32.5 Å². The minimum atomic E-state index is 0.00971. The summed E-state index contributed by atoms with van der Waals surface area (Å²) in [5.41, 5.74) is 0. The van der Waals surface area contributed by atoms with Gasteiger partial charge in [-0.1, -0.05) is 0 Å². The van der Waals surface area contributed by atoms with E-state index in [4.69, 9.17) is 4.42 Å². The van der Waals surface area contributed by atoms with Crippen LogP contribution in [0, 0.1) is 0 Å². The van der Waals surface area contributed by atoms with Crippen LogP contribution in [0.1, 0.15) is 19.6 Å². The largest absolute Gasteiger partial charge is 0.469 e. The average Bonchev–Trinajstić information content (AvgIpc) is 2.64. The smallest absolute Gasteiger partial charge is 0.216 e. The molecule has 1 rings (SSSR count). The van der Waals surface area contributed by atoms with Crippen LogP contribution in [0.3, 0.4) is 0 Å². The van der Waals surface area contributed by atoms with Crippen LogP contribution in [0.4, 0.5) is 0 Å². The summed E-state index contributed by atoms with van der Waals surface area (Å²) < 4.78 is 5.24. The fraction of sp³-hybridized carbons (Fsp3) is 0.545. The van der Waals surface area contributed by atoms with Crippen LogP contribution < -0.4 is 10.6 Å². The predicted octanol–water partition coefficient (Wildman–Crippen LogP) is 0.936. The Morgan fingerprint density at radius 2 is 2.33 bits per heavy atom. The SMILES string of the molecule is CC(=O)NCCNC(C)Cc1ccco1. The molecule has 1 aromatic rings. The van der Waals surface area contributed by atoms with E-state index in [0.29, 0.717) is 12.6 Å². The summed E-state index contributed by atoms with van der Waals surface area (Å²) in [6.07, 6.45) is 2.55. The number of rotatable bonds is 6. The fourth-order valence-corrected chi connectivity index (χ4v) is 1.36. The number of carbonyl (C=O) groups excluding carboxylic acids is 1. The number of amides is 1. The zero-order valence-electron chi connectivity index (χ0n) is 9.25. The maximum absolute atomic E-state index is 10.6. The molecular weight excluding hydrogens is 192 g/mol. The van der Waals surface area contributed by atoms with E-state index in [2.05, 4.69) is 17.6 Å². The average molecular weight is 210 g/mol. The quantitative estimate of drug-likeness (QED) is 0.687. The van der Waals surface area contributed by atoms with E-state index in [1.54, 1.807) is 6.26 Å². The van der Waals surface area contributed by atoms with Gasteiger partial charge in [-0.15, -0.1) is 0 Å². The van der Waals surface area contributed by atoms with Gasteiger partial charge >= 0.3 is 0 Å². The fourth-order valence-electron chi connectivity index (χ4n) is 1.36. The van der Waals surface area contributed by atoms with Crippen molar-refractivity contribution in [1.29, 1.82) is 0 Å². The van der Waals surface area contributed by atoms with Crippen molar-refractivity contribution in [3.63, 3.8) is 0 Å². The van der Waals surface area contributed by atoms with Crippen LogP contribution in [0.5, 0.6) is 0 Å². The first-order valence-electron chi connectivity index (χ1n) is 5.18. The second-order valence-corrected chi connectivity index (χ2v) is 3.62. The van der Waals surface area contributed by atoms with Gasteiger partial charge in [0.2, 0.25) is 5.91 Å². The summed E-state index contributed by atoms with van der Waals surface area (Å²) >= 11 is 0.